The van der Waals surface area contributed by atoms with Gasteiger partial charge in [0, 0.05) is 17.1 Å². The van der Waals surface area contributed by atoms with E-state index in [4.69, 9.17) is 27.9 Å². The Labute approximate surface area is 144 Å². The first-order chi connectivity index (χ1) is 11.0. The van der Waals surface area contributed by atoms with E-state index in [1.54, 1.807) is 12.1 Å². The average molecular weight is 356 g/mol. The summed E-state index contributed by atoms with van der Waals surface area (Å²) in [5.41, 5.74) is 1.42. The standard InChI is InChI=1S/C17H16Cl2FNO2/c1-11-9-12(18)4-7-16(11)23-8-2-3-17(22)21-13-5-6-15(20)14(19)10-13/h4-7,9-10H,2-3,8H2,1H3,(H,21,22). The minimum atomic E-state index is -0.517. The van der Waals surface area contributed by atoms with Crippen LogP contribution in [0.5, 0.6) is 5.75 Å². The van der Waals surface area contributed by atoms with Crippen LogP contribution in [-0.4, -0.2) is 12.5 Å². The van der Waals surface area contributed by atoms with Gasteiger partial charge in [0.2, 0.25) is 5.91 Å². The maximum atomic E-state index is 13.0. The summed E-state index contributed by atoms with van der Waals surface area (Å²) in [5, 5.41) is 3.30. The van der Waals surface area contributed by atoms with E-state index in [9.17, 15) is 9.18 Å². The van der Waals surface area contributed by atoms with E-state index < -0.39 is 5.82 Å². The van der Waals surface area contributed by atoms with Crippen LogP contribution < -0.4 is 10.1 Å². The molecule has 0 aliphatic heterocycles. The first-order valence-electron chi connectivity index (χ1n) is 7.09. The van der Waals surface area contributed by atoms with Crippen molar-refractivity contribution in [3.8, 4) is 5.75 Å². The van der Waals surface area contributed by atoms with Gasteiger partial charge in [-0.15, -0.1) is 0 Å². The van der Waals surface area contributed by atoms with Gasteiger partial charge in [-0.3, -0.25) is 4.79 Å². The first-order valence-corrected chi connectivity index (χ1v) is 7.85. The maximum Gasteiger partial charge on any atom is 0.224 e. The fraction of sp³-hybridized carbons (Fsp3) is 0.235. The molecule has 23 heavy (non-hydrogen) atoms. The predicted octanol–water partition coefficient (Wildman–Crippen LogP) is 5.24. The van der Waals surface area contributed by atoms with E-state index in [1.807, 2.05) is 13.0 Å². The van der Waals surface area contributed by atoms with E-state index in [0.29, 0.717) is 30.2 Å². The number of nitrogens with one attached hydrogen (secondary N) is 1. The van der Waals surface area contributed by atoms with E-state index in [-0.39, 0.29) is 10.9 Å². The zero-order valence-electron chi connectivity index (χ0n) is 12.5. The Bertz CT molecular complexity index is 707. The molecule has 6 heteroatoms. The number of benzene rings is 2. The lowest BCUT2D eigenvalue weighted by molar-refractivity contribution is -0.116. The lowest BCUT2D eigenvalue weighted by Crippen LogP contribution is -2.13. The van der Waals surface area contributed by atoms with E-state index in [2.05, 4.69) is 5.32 Å². The molecule has 0 saturated carbocycles. The van der Waals surface area contributed by atoms with Gasteiger partial charge < -0.3 is 10.1 Å². The van der Waals surface area contributed by atoms with E-state index in [1.165, 1.54) is 18.2 Å². The lowest BCUT2D eigenvalue weighted by Gasteiger charge is -2.09. The molecule has 0 fully saturated rings. The zero-order chi connectivity index (χ0) is 16.8. The third-order valence-corrected chi connectivity index (χ3v) is 3.67. The van der Waals surface area contributed by atoms with Gasteiger partial charge in [0.25, 0.3) is 0 Å². The molecule has 0 bridgehead atoms. The van der Waals surface area contributed by atoms with Crippen LogP contribution in [0.4, 0.5) is 10.1 Å². The summed E-state index contributed by atoms with van der Waals surface area (Å²) in [6, 6.07) is 9.44. The van der Waals surface area contributed by atoms with Crippen LogP contribution in [0.15, 0.2) is 36.4 Å². The highest BCUT2D eigenvalue weighted by Crippen LogP contribution is 2.22. The highest BCUT2D eigenvalue weighted by molar-refractivity contribution is 6.31. The Kier molecular flexibility index (Phi) is 6.25. The van der Waals surface area contributed by atoms with Crippen molar-refractivity contribution in [3.05, 3.63) is 57.8 Å². The summed E-state index contributed by atoms with van der Waals surface area (Å²) in [5.74, 6) is 0.0561. The predicted molar refractivity (Wildman–Crippen MR) is 91.0 cm³/mol. The molecule has 2 aromatic rings. The molecular formula is C17H16Cl2FNO2. The third kappa shape index (κ3) is 5.41. The van der Waals surface area contributed by atoms with Crippen molar-refractivity contribution in [3.63, 3.8) is 0 Å². The SMILES string of the molecule is Cc1cc(Cl)ccc1OCCCC(=O)Nc1ccc(F)c(Cl)c1. The van der Waals surface area contributed by atoms with Gasteiger partial charge in [-0.1, -0.05) is 23.2 Å². The van der Waals surface area contributed by atoms with Crippen LogP contribution in [0.3, 0.4) is 0 Å². The number of ether oxygens (including phenoxy) is 1. The fourth-order valence-corrected chi connectivity index (χ4v) is 2.39. The Morgan fingerprint density at radius 3 is 2.70 bits per heavy atom. The highest BCUT2D eigenvalue weighted by Gasteiger charge is 2.06. The van der Waals surface area contributed by atoms with Gasteiger partial charge in [-0.25, -0.2) is 4.39 Å². The molecule has 0 unspecified atom stereocenters. The molecule has 0 aliphatic carbocycles. The van der Waals surface area contributed by atoms with Gasteiger partial charge in [-0.05, 0) is 55.3 Å². The van der Waals surface area contributed by atoms with Crippen LogP contribution in [0.25, 0.3) is 0 Å². The Morgan fingerprint density at radius 1 is 1.22 bits per heavy atom. The average Bonchev–Trinajstić information content (AvgIpc) is 2.49. The second-order valence-electron chi connectivity index (χ2n) is 5.04. The summed E-state index contributed by atoms with van der Waals surface area (Å²) in [6.07, 6.45) is 0.852. The normalized spacial score (nSPS) is 10.4. The van der Waals surface area contributed by atoms with Gasteiger partial charge in [0.05, 0.1) is 11.6 Å². The fourth-order valence-electron chi connectivity index (χ4n) is 1.99. The van der Waals surface area contributed by atoms with E-state index >= 15 is 0 Å². The topological polar surface area (TPSA) is 38.3 Å². The van der Waals surface area contributed by atoms with Crippen molar-refractivity contribution in [1.29, 1.82) is 0 Å². The molecule has 2 aromatic carbocycles. The van der Waals surface area contributed by atoms with Crippen LogP contribution in [0.2, 0.25) is 10.0 Å². The minimum Gasteiger partial charge on any atom is -0.493 e. The first kappa shape index (κ1) is 17.6. The maximum absolute atomic E-state index is 13.0. The van der Waals surface area contributed by atoms with E-state index in [0.717, 1.165) is 11.3 Å². The highest BCUT2D eigenvalue weighted by atomic mass is 35.5. The molecule has 0 spiro atoms. The lowest BCUT2D eigenvalue weighted by atomic mass is 10.2. The number of hydrogen-bond donors (Lipinski definition) is 1. The molecule has 0 atom stereocenters. The molecule has 0 saturated heterocycles. The largest absolute Gasteiger partial charge is 0.493 e. The van der Waals surface area contributed by atoms with Crippen LogP contribution in [0.1, 0.15) is 18.4 Å². The number of hydrogen-bond acceptors (Lipinski definition) is 2. The van der Waals surface area contributed by atoms with Crippen LogP contribution in [0, 0.1) is 12.7 Å². The van der Waals surface area contributed by atoms with Gasteiger partial charge in [0.1, 0.15) is 11.6 Å². The smallest absolute Gasteiger partial charge is 0.224 e. The quantitative estimate of drug-likeness (QED) is 0.719. The zero-order valence-corrected chi connectivity index (χ0v) is 14.0. The number of anilines is 1. The molecule has 1 amide bonds. The number of halogens is 3. The third-order valence-electron chi connectivity index (χ3n) is 3.15. The summed E-state index contributed by atoms with van der Waals surface area (Å²) in [6.45, 7) is 2.33. The summed E-state index contributed by atoms with van der Waals surface area (Å²) < 4.78 is 18.7. The van der Waals surface area contributed by atoms with Crippen molar-refractivity contribution in [2.45, 2.75) is 19.8 Å². The molecule has 122 valence electrons. The van der Waals surface area contributed by atoms with Crippen molar-refractivity contribution in [1.82, 2.24) is 0 Å². The number of carbonyl (C=O) groups excluding carboxylic acids is 1. The molecule has 1 N–H and O–H groups in total. The molecule has 0 radical (unpaired) electrons. The number of aryl methyl sites for hydroxylation is 1. The van der Waals surface area contributed by atoms with Gasteiger partial charge in [0.15, 0.2) is 0 Å². The van der Waals surface area contributed by atoms with Crippen LogP contribution >= 0.6 is 23.2 Å². The van der Waals surface area contributed by atoms with Crippen LogP contribution in [-0.2, 0) is 4.79 Å². The molecule has 0 aliphatic rings. The molecule has 0 heterocycles. The minimum absolute atomic E-state index is 0.0238. The van der Waals surface area contributed by atoms with Crippen molar-refractivity contribution < 1.29 is 13.9 Å². The molecule has 0 aromatic heterocycles. The summed E-state index contributed by atoms with van der Waals surface area (Å²) in [7, 11) is 0. The second kappa shape index (κ2) is 8.18. The van der Waals surface area contributed by atoms with Gasteiger partial charge >= 0.3 is 0 Å². The van der Waals surface area contributed by atoms with Crippen molar-refractivity contribution >= 4 is 34.8 Å². The summed E-state index contributed by atoms with van der Waals surface area (Å²) in [4.78, 5) is 11.8. The van der Waals surface area contributed by atoms with Crippen molar-refractivity contribution in [2.75, 3.05) is 11.9 Å². The van der Waals surface area contributed by atoms with Crippen molar-refractivity contribution in [2.24, 2.45) is 0 Å². The Morgan fingerprint density at radius 2 is 2.00 bits per heavy atom. The second-order valence-corrected chi connectivity index (χ2v) is 5.88. The monoisotopic (exact) mass is 355 g/mol. The molecular weight excluding hydrogens is 340 g/mol. The molecule has 3 nitrogen and oxygen atoms in total. The Hall–Kier alpha value is -1.78. The Balaban J connectivity index is 1.75. The number of carbonyl (C=O) groups is 1. The number of rotatable bonds is 6. The number of amides is 1. The van der Waals surface area contributed by atoms with Gasteiger partial charge in [-0.2, -0.15) is 0 Å². The summed E-state index contributed by atoms with van der Waals surface area (Å²) >= 11 is 11.5. The molecule has 2 rings (SSSR count).